The summed E-state index contributed by atoms with van der Waals surface area (Å²) in [7, 11) is 0. The van der Waals surface area contributed by atoms with E-state index in [-0.39, 0.29) is 6.61 Å². The normalized spacial score (nSPS) is 12.3. The van der Waals surface area contributed by atoms with Crippen LogP contribution in [0.1, 0.15) is 5.56 Å². The summed E-state index contributed by atoms with van der Waals surface area (Å²) in [5, 5.41) is 13.1. The van der Waals surface area contributed by atoms with Crippen LogP contribution < -0.4 is 4.74 Å². The second-order valence-corrected chi connectivity index (χ2v) is 6.71. The van der Waals surface area contributed by atoms with Crippen molar-refractivity contribution in [2.45, 2.75) is 19.1 Å². The van der Waals surface area contributed by atoms with Crippen molar-refractivity contribution in [3.05, 3.63) is 91.0 Å². The van der Waals surface area contributed by atoms with E-state index in [0.29, 0.717) is 6.54 Å². The van der Waals surface area contributed by atoms with E-state index < -0.39 is 6.10 Å². The third kappa shape index (κ3) is 3.46. The third-order valence-corrected chi connectivity index (χ3v) is 4.84. The molecule has 27 heavy (non-hydrogen) atoms. The molecule has 0 saturated heterocycles. The van der Waals surface area contributed by atoms with Gasteiger partial charge in [0.2, 0.25) is 0 Å². The number of aliphatic hydroxyl groups excluding tert-OH is 1. The van der Waals surface area contributed by atoms with Gasteiger partial charge in [0, 0.05) is 21.8 Å². The molecule has 0 aliphatic rings. The van der Waals surface area contributed by atoms with Crippen molar-refractivity contribution in [3.8, 4) is 5.75 Å². The van der Waals surface area contributed by atoms with Crippen LogP contribution in [-0.2, 0) is 13.0 Å². The molecule has 1 N–H and O–H groups in total. The number of nitrogens with zero attached hydrogens (tertiary/aromatic N) is 1. The Kier molecular flexibility index (Phi) is 4.95. The molecule has 1 atom stereocenters. The summed E-state index contributed by atoms with van der Waals surface area (Å²) in [5.41, 5.74) is 3.34. The van der Waals surface area contributed by atoms with Crippen LogP contribution >= 0.6 is 0 Å². The number of allylic oxidation sites excluding steroid dienone is 1. The minimum atomic E-state index is -0.610. The Hall–Kier alpha value is -3.04. The van der Waals surface area contributed by atoms with Gasteiger partial charge >= 0.3 is 0 Å². The van der Waals surface area contributed by atoms with Crippen molar-refractivity contribution in [2.24, 2.45) is 0 Å². The van der Waals surface area contributed by atoms with Gasteiger partial charge in [-0.2, -0.15) is 0 Å². The first-order chi connectivity index (χ1) is 13.3. The van der Waals surface area contributed by atoms with Crippen molar-refractivity contribution in [2.75, 3.05) is 6.61 Å². The van der Waals surface area contributed by atoms with Gasteiger partial charge in [-0.05, 0) is 30.2 Å². The van der Waals surface area contributed by atoms with Gasteiger partial charge in [0.25, 0.3) is 0 Å². The van der Waals surface area contributed by atoms with E-state index in [2.05, 4.69) is 47.5 Å². The summed E-state index contributed by atoms with van der Waals surface area (Å²) in [4.78, 5) is 0. The zero-order valence-corrected chi connectivity index (χ0v) is 15.2. The number of aromatic nitrogens is 1. The number of ether oxygens (including phenoxy) is 1. The minimum Gasteiger partial charge on any atom is -0.491 e. The van der Waals surface area contributed by atoms with E-state index in [0.717, 1.165) is 28.8 Å². The fourth-order valence-electron chi connectivity index (χ4n) is 3.62. The molecule has 1 unspecified atom stereocenters. The Morgan fingerprint density at radius 2 is 1.48 bits per heavy atom. The number of hydrogen-bond acceptors (Lipinski definition) is 2. The average molecular weight is 357 g/mol. The maximum atomic E-state index is 10.7. The number of hydrogen-bond donors (Lipinski definition) is 1. The Labute approximate surface area is 159 Å². The van der Waals surface area contributed by atoms with Crippen molar-refractivity contribution < 1.29 is 9.84 Å². The number of para-hydroxylation sites is 3. The van der Waals surface area contributed by atoms with Gasteiger partial charge in [0.05, 0.1) is 6.54 Å². The van der Waals surface area contributed by atoms with Gasteiger partial charge in [-0.15, -0.1) is 6.58 Å². The summed E-state index contributed by atoms with van der Waals surface area (Å²) in [6, 6.07) is 24.5. The predicted molar refractivity (Wildman–Crippen MR) is 111 cm³/mol. The first-order valence-electron chi connectivity index (χ1n) is 9.23. The highest BCUT2D eigenvalue weighted by Gasteiger charge is 2.14. The summed E-state index contributed by atoms with van der Waals surface area (Å²) in [5.74, 6) is 0.804. The molecule has 0 radical (unpaired) electrons. The van der Waals surface area contributed by atoms with E-state index in [4.69, 9.17) is 4.74 Å². The van der Waals surface area contributed by atoms with Gasteiger partial charge in [0.1, 0.15) is 18.5 Å². The van der Waals surface area contributed by atoms with E-state index >= 15 is 0 Å². The maximum absolute atomic E-state index is 10.7. The van der Waals surface area contributed by atoms with E-state index in [1.807, 2.05) is 42.5 Å². The van der Waals surface area contributed by atoms with Crippen LogP contribution in [0.15, 0.2) is 85.5 Å². The number of rotatable bonds is 7. The zero-order valence-electron chi connectivity index (χ0n) is 15.2. The molecule has 3 aromatic carbocycles. The van der Waals surface area contributed by atoms with E-state index in [1.165, 1.54) is 10.8 Å². The molecule has 0 fully saturated rings. The molecule has 1 heterocycles. The lowest BCUT2D eigenvalue weighted by Gasteiger charge is -2.16. The van der Waals surface area contributed by atoms with Crippen LogP contribution in [0.5, 0.6) is 5.75 Å². The summed E-state index contributed by atoms with van der Waals surface area (Å²) in [6.45, 7) is 4.52. The lowest BCUT2D eigenvalue weighted by Crippen LogP contribution is -2.23. The highest BCUT2D eigenvalue weighted by Crippen LogP contribution is 2.29. The summed E-state index contributed by atoms with van der Waals surface area (Å²) >= 11 is 0. The topological polar surface area (TPSA) is 34.4 Å². The molecule has 136 valence electrons. The molecule has 0 aliphatic carbocycles. The molecule has 4 aromatic rings. The largest absolute Gasteiger partial charge is 0.491 e. The molecule has 3 nitrogen and oxygen atoms in total. The summed E-state index contributed by atoms with van der Waals surface area (Å²) in [6.07, 6.45) is 2.00. The summed E-state index contributed by atoms with van der Waals surface area (Å²) < 4.78 is 8.09. The fraction of sp³-hybridized carbons (Fsp3) is 0.167. The van der Waals surface area contributed by atoms with Gasteiger partial charge in [0.15, 0.2) is 0 Å². The molecule has 0 saturated carbocycles. The Bertz CT molecular complexity index is 1030. The Morgan fingerprint density at radius 3 is 2.15 bits per heavy atom. The van der Waals surface area contributed by atoms with Crippen LogP contribution in [-0.4, -0.2) is 22.4 Å². The standard InChI is InChI=1S/C24H23NO2/c1-2-9-18-10-3-8-15-24(18)27-17-19(26)16-25-22-13-6-4-11-20(22)21-12-5-7-14-23(21)25/h2-8,10-15,19,26H,1,9,16-17H2. The van der Waals surface area contributed by atoms with Crippen molar-refractivity contribution >= 4 is 21.8 Å². The minimum absolute atomic E-state index is 0.245. The number of benzene rings is 3. The fourth-order valence-corrected chi connectivity index (χ4v) is 3.62. The molecule has 0 spiro atoms. The highest BCUT2D eigenvalue weighted by molar-refractivity contribution is 6.07. The Balaban J connectivity index is 1.56. The first kappa shape index (κ1) is 17.4. The van der Waals surface area contributed by atoms with Gasteiger partial charge in [-0.3, -0.25) is 0 Å². The second kappa shape index (κ2) is 7.68. The quantitative estimate of drug-likeness (QED) is 0.474. The van der Waals surface area contributed by atoms with Gasteiger partial charge < -0.3 is 14.4 Å². The molecule has 0 aliphatic heterocycles. The highest BCUT2D eigenvalue weighted by atomic mass is 16.5. The Morgan fingerprint density at radius 1 is 0.889 bits per heavy atom. The third-order valence-electron chi connectivity index (χ3n) is 4.84. The van der Waals surface area contributed by atoms with Crippen LogP contribution in [0.3, 0.4) is 0 Å². The molecule has 0 bridgehead atoms. The predicted octanol–water partition coefficient (Wildman–Crippen LogP) is 4.96. The molecule has 3 heteroatoms. The van der Waals surface area contributed by atoms with Crippen LogP contribution in [0, 0.1) is 0 Å². The molecule has 0 amide bonds. The van der Waals surface area contributed by atoms with E-state index in [9.17, 15) is 5.11 Å². The molecule has 4 rings (SSSR count). The number of aliphatic hydroxyl groups is 1. The van der Waals surface area contributed by atoms with Crippen LogP contribution in [0.25, 0.3) is 21.8 Å². The van der Waals surface area contributed by atoms with E-state index in [1.54, 1.807) is 0 Å². The number of fused-ring (bicyclic) bond motifs is 3. The van der Waals surface area contributed by atoms with Gasteiger partial charge in [-0.1, -0.05) is 60.7 Å². The molecule has 1 aromatic heterocycles. The van der Waals surface area contributed by atoms with Crippen LogP contribution in [0.2, 0.25) is 0 Å². The average Bonchev–Trinajstić information content (AvgIpc) is 3.02. The monoisotopic (exact) mass is 357 g/mol. The second-order valence-electron chi connectivity index (χ2n) is 6.71. The lowest BCUT2D eigenvalue weighted by atomic mass is 10.1. The van der Waals surface area contributed by atoms with Crippen molar-refractivity contribution in [3.63, 3.8) is 0 Å². The van der Waals surface area contributed by atoms with Gasteiger partial charge in [-0.25, -0.2) is 0 Å². The first-order valence-corrected chi connectivity index (χ1v) is 9.23. The lowest BCUT2D eigenvalue weighted by molar-refractivity contribution is 0.0941. The van der Waals surface area contributed by atoms with Crippen LogP contribution in [0.4, 0.5) is 0 Å². The van der Waals surface area contributed by atoms with Crippen molar-refractivity contribution in [1.82, 2.24) is 4.57 Å². The smallest absolute Gasteiger partial charge is 0.122 e. The zero-order chi connectivity index (χ0) is 18.6. The maximum Gasteiger partial charge on any atom is 0.122 e. The SMILES string of the molecule is C=CCc1ccccc1OCC(O)Cn1c2ccccc2c2ccccc21. The van der Waals surface area contributed by atoms with Crippen molar-refractivity contribution in [1.29, 1.82) is 0 Å². The molecular formula is C24H23NO2. The molecular weight excluding hydrogens is 334 g/mol.